The Hall–Kier alpha value is -2.06. The molecular formula is C15H20N4O3S. The molecule has 1 atom stereocenters. The largest absolute Gasteiger partial charge is 0.374 e. The molecule has 0 saturated heterocycles. The summed E-state index contributed by atoms with van der Waals surface area (Å²) in [5, 5.41) is 9.17. The number of nitrogens with one attached hydrogen (secondary N) is 3. The Morgan fingerprint density at radius 2 is 2.17 bits per heavy atom. The molecule has 23 heavy (non-hydrogen) atoms. The summed E-state index contributed by atoms with van der Waals surface area (Å²) in [5.74, 6) is 0.108. The number of aromatic nitrogens is 3. The van der Waals surface area contributed by atoms with Crippen molar-refractivity contribution in [1.29, 1.82) is 0 Å². The van der Waals surface area contributed by atoms with Gasteiger partial charge < -0.3 is 10.1 Å². The fourth-order valence-corrected chi connectivity index (χ4v) is 2.53. The lowest BCUT2D eigenvalue weighted by Gasteiger charge is -2.13. The van der Waals surface area contributed by atoms with E-state index >= 15 is 0 Å². The Morgan fingerprint density at radius 1 is 1.39 bits per heavy atom. The molecule has 2 rings (SSSR count). The Balaban J connectivity index is 1.54. The van der Waals surface area contributed by atoms with Gasteiger partial charge >= 0.3 is 5.69 Å². The fourth-order valence-electron chi connectivity index (χ4n) is 1.89. The van der Waals surface area contributed by atoms with Crippen molar-refractivity contribution in [3.05, 3.63) is 46.4 Å². The van der Waals surface area contributed by atoms with Crippen molar-refractivity contribution >= 4 is 17.7 Å². The molecule has 2 aromatic rings. The summed E-state index contributed by atoms with van der Waals surface area (Å²) in [4.78, 5) is 25.0. The minimum absolute atomic E-state index is 0.0407. The van der Waals surface area contributed by atoms with Gasteiger partial charge in [0, 0.05) is 13.2 Å². The van der Waals surface area contributed by atoms with E-state index in [9.17, 15) is 9.59 Å². The van der Waals surface area contributed by atoms with Crippen LogP contribution in [0.25, 0.3) is 0 Å². The van der Waals surface area contributed by atoms with Gasteiger partial charge in [0.1, 0.15) is 0 Å². The molecule has 8 heteroatoms. The lowest BCUT2D eigenvalue weighted by atomic mass is 10.1. The van der Waals surface area contributed by atoms with Crippen LogP contribution >= 0.6 is 11.8 Å². The Morgan fingerprint density at radius 3 is 2.87 bits per heavy atom. The number of thioether (sulfide) groups is 1. The molecule has 0 aliphatic carbocycles. The van der Waals surface area contributed by atoms with Gasteiger partial charge in [0.05, 0.1) is 11.9 Å². The lowest BCUT2D eigenvalue weighted by Crippen LogP contribution is -2.27. The van der Waals surface area contributed by atoms with E-state index < -0.39 is 0 Å². The second-order valence-corrected chi connectivity index (χ2v) is 5.86. The van der Waals surface area contributed by atoms with E-state index in [1.807, 2.05) is 37.3 Å². The molecule has 1 heterocycles. The molecule has 0 aliphatic rings. The van der Waals surface area contributed by atoms with Crippen molar-refractivity contribution in [2.75, 3.05) is 18.9 Å². The third-order valence-corrected chi connectivity index (χ3v) is 3.97. The van der Waals surface area contributed by atoms with Crippen molar-refractivity contribution in [1.82, 2.24) is 20.5 Å². The zero-order valence-electron chi connectivity index (χ0n) is 12.9. The molecule has 0 bridgehead atoms. The second-order valence-electron chi connectivity index (χ2n) is 4.90. The van der Waals surface area contributed by atoms with Gasteiger partial charge in [0.2, 0.25) is 5.91 Å². The van der Waals surface area contributed by atoms with Crippen molar-refractivity contribution in [2.45, 2.75) is 24.6 Å². The summed E-state index contributed by atoms with van der Waals surface area (Å²) in [7, 11) is 0. The van der Waals surface area contributed by atoms with Crippen LogP contribution < -0.4 is 11.0 Å². The van der Waals surface area contributed by atoms with Crippen molar-refractivity contribution in [3.8, 4) is 0 Å². The Kier molecular flexibility index (Phi) is 6.89. The van der Waals surface area contributed by atoms with E-state index in [1.54, 1.807) is 0 Å². The minimum Gasteiger partial charge on any atom is -0.374 e. The number of nitrogens with zero attached hydrogens (tertiary/aromatic N) is 1. The zero-order chi connectivity index (χ0) is 16.5. The number of aromatic amines is 2. The van der Waals surface area contributed by atoms with Gasteiger partial charge in [-0.15, -0.1) is 5.10 Å². The maximum atomic E-state index is 11.6. The molecule has 124 valence electrons. The van der Waals surface area contributed by atoms with Gasteiger partial charge in [0.15, 0.2) is 5.16 Å². The highest BCUT2D eigenvalue weighted by molar-refractivity contribution is 7.99. The van der Waals surface area contributed by atoms with Crippen LogP contribution in [0.4, 0.5) is 0 Å². The van der Waals surface area contributed by atoms with Gasteiger partial charge in [-0.05, 0) is 18.9 Å². The van der Waals surface area contributed by atoms with Gasteiger partial charge in [-0.1, -0.05) is 42.1 Å². The summed E-state index contributed by atoms with van der Waals surface area (Å²) >= 11 is 1.17. The van der Waals surface area contributed by atoms with Gasteiger partial charge in [0.25, 0.3) is 0 Å². The number of carbonyl (C=O) groups is 1. The quantitative estimate of drug-likeness (QED) is 0.476. The first-order valence-electron chi connectivity index (χ1n) is 7.36. The molecular weight excluding hydrogens is 316 g/mol. The van der Waals surface area contributed by atoms with Crippen molar-refractivity contribution in [3.63, 3.8) is 0 Å². The van der Waals surface area contributed by atoms with E-state index in [2.05, 4.69) is 20.5 Å². The molecule has 0 fully saturated rings. The number of rotatable bonds is 9. The number of hydrogen-bond acceptors (Lipinski definition) is 5. The smallest absolute Gasteiger partial charge is 0.341 e. The topological polar surface area (TPSA) is 99.9 Å². The average molecular weight is 336 g/mol. The van der Waals surface area contributed by atoms with Gasteiger partial charge in [-0.3, -0.25) is 9.78 Å². The van der Waals surface area contributed by atoms with E-state index in [4.69, 9.17) is 4.74 Å². The maximum absolute atomic E-state index is 11.6. The Labute approximate surface area is 138 Å². The number of hydrogen-bond donors (Lipinski definition) is 3. The monoisotopic (exact) mass is 336 g/mol. The number of carbonyl (C=O) groups excluding carboxylic acids is 1. The normalized spacial score (nSPS) is 12.0. The standard InChI is InChI=1S/C15H20N4O3S/c1-11(12-6-3-2-4-7-12)22-9-5-8-16-13(20)10-23-15-17-14(21)18-19-15/h2-4,6-7,11H,5,8-10H2,1H3,(H,16,20)(H2,17,18,19,21)/t11-/m1/s1. The first-order valence-corrected chi connectivity index (χ1v) is 8.34. The molecule has 0 radical (unpaired) electrons. The maximum Gasteiger partial charge on any atom is 0.341 e. The average Bonchev–Trinajstić information content (AvgIpc) is 2.98. The molecule has 0 unspecified atom stereocenters. The first kappa shape index (κ1) is 17.3. The summed E-state index contributed by atoms with van der Waals surface area (Å²) in [5.41, 5.74) is 0.763. The van der Waals surface area contributed by atoms with Crippen LogP contribution in [0.2, 0.25) is 0 Å². The molecule has 0 aliphatic heterocycles. The predicted molar refractivity (Wildman–Crippen MR) is 88.4 cm³/mol. The summed E-state index contributed by atoms with van der Waals surface area (Å²) < 4.78 is 5.73. The first-order chi connectivity index (χ1) is 11.1. The highest BCUT2D eigenvalue weighted by Gasteiger charge is 2.06. The summed E-state index contributed by atoms with van der Waals surface area (Å²) in [6.07, 6.45) is 0.784. The molecule has 1 amide bonds. The number of amides is 1. The number of ether oxygens (including phenoxy) is 1. The molecule has 0 spiro atoms. The molecule has 7 nitrogen and oxygen atoms in total. The van der Waals surface area contributed by atoms with Gasteiger partial charge in [-0.25, -0.2) is 9.89 Å². The van der Waals surface area contributed by atoms with Crippen LogP contribution in [0.5, 0.6) is 0 Å². The van der Waals surface area contributed by atoms with Crippen LogP contribution in [0, 0.1) is 0 Å². The fraction of sp³-hybridized carbons (Fsp3) is 0.400. The van der Waals surface area contributed by atoms with E-state index in [0.29, 0.717) is 18.3 Å². The SMILES string of the molecule is C[C@@H](OCCCNC(=O)CSc1n[nH]c(=O)[nH]1)c1ccccc1. The van der Waals surface area contributed by atoms with Crippen LogP contribution in [-0.2, 0) is 9.53 Å². The van der Waals surface area contributed by atoms with Crippen molar-refractivity contribution in [2.24, 2.45) is 0 Å². The van der Waals surface area contributed by atoms with Crippen LogP contribution in [0.3, 0.4) is 0 Å². The lowest BCUT2D eigenvalue weighted by molar-refractivity contribution is -0.118. The Bertz CT molecular complexity index is 656. The highest BCUT2D eigenvalue weighted by atomic mass is 32.2. The number of H-pyrrole nitrogens is 2. The molecule has 1 aromatic heterocycles. The minimum atomic E-state index is -0.377. The summed E-state index contributed by atoms with van der Waals surface area (Å²) in [6, 6.07) is 10.0. The summed E-state index contributed by atoms with van der Waals surface area (Å²) in [6.45, 7) is 3.14. The third kappa shape index (κ3) is 6.29. The molecule has 3 N–H and O–H groups in total. The van der Waals surface area contributed by atoms with Crippen molar-refractivity contribution < 1.29 is 9.53 Å². The van der Waals surface area contributed by atoms with Crippen LogP contribution in [-0.4, -0.2) is 40.0 Å². The van der Waals surface area contributed by atoms with Crippen LogP contribution in [0.1, 0.15) is 25.0 Å². The van der Waals surface area contributed by atoms with Crippen LogP contribution in [0.15, 0.2) is 40.3 Å². The number of benzene rings is 1. The zero-order valence-corrected chi connectivity index (χ0v) is 13.7. The van der Waals surface area contributed by atoms with Gasteiger partial charge in [-0.2, -0.15) is 0 Å². The molecule has 1 aromatic carbocycles. The second kappa shape index (κ2) is 9.16. The predicted octanol–water partition coefficient (Wildman–Crippen LogP) is 1.47. The molecule has 0 saturated carbocycles. The van der Waals surface area contributed by atoms with E-state index in [-0.39, 0.29) is 23.5 Å². The third-order valence-electron chi connectivity index (χ3n) is 3.10. The van der Waals surface area contributed by atoms with E-state index in [0.717, 1.165) is 12.0 Å². The highest BCUT2D eigenvalue weighted by Crippen LogP contribution is 2.15. The van der Waals surface area contributed by atoms with E-state index in [1.165, 1.54) is 11.8 Å².